The van der Waals surface area contributed by atoms with Gasteiger partial charge < -0.3 is 10.6 Å². The first kappa shape index (κ1) is 29.4. The largest absolute Gasteiger partial charge is 0.322 e. The quantitative estimate of drug-likeness (QED) is 0.147. The smallest absolute Gasteiger partial charge is 0.316 e. The highest BCUT2D eigenvalue weighted by Crippen LogP contribution is 2.28. The van der Waals surface area contributed by atoms with Crippen LogP contribution in [0, 0.1) is 11.8 Å². The second kappa shape index (κ2) is 19.4. The highest BCUT2D eigenvalue weighted by Gasteiger charge is 2.14. The Morgan fingerprint density at radius 1 is 0.636 bits per heavy atom. The molecule has 0 bridgehead atoms. The lowest BCUT2D eigenvalue weighted by Crippen LogP contribution is -2.22. The third-order valence-corrected chi connectivity index (χ3v) is 10.2. The van der Waals surface area contributed by atoms with Gasteiger partial charge in [0, 0.05) is 18.8 Å². The van der Waals surface area contributed by atoms with Crippen LogP contribution in [-0.2, 0) is 13.3 Å². The second-order valence-corrected chi connectivity index (χ2v) is 13.9. The molecule has 0 aromatic rings. The van der Waals surface area contributed by atoms with Gasteiger partial charge in [0.05, 0.1) is 6.61 Å². The number of nitrogens with one attached hydrogen (secondary N) is 2. The Balaban J connectivity index is 1.29. The van der Waals surface area contributed by atoms with E-state index in [2.05, 4.69) is 10.6 Å². The summed E-state index contributed by atoms with van der Waals surface area (Å²) in [5.74, 6) is 2.51. The molecule has 196 valence electrons. The van der Waals surface area contributed by atoms with Crippen LogP contribution in [0.3, 0.4) is 0 Å². The fraction of sp³-hybridized carbons (Fsp3) is 1.00. The summed E-state index contributed by atoms with van der Waals surface area (Å²) in [6, 6.07) is 0. The predicted octanol–water partition coefficient (Wildman–Crippen LogP) is 6.44. The van der Waals surface area contributed by atoms with Crippen LogP contribution in [0.4, 0.5) is 0 Å². The van der Waals surface area contributed by atoms with Gasteiger partial charge in [0.25, 0.3) is 0 Å². The molecule has 7 heteroatoms. The molecular weight excluding hydrogens is 452 g/mol. The number of hydrogen-bond acceptors (Lipinski definition) is 6. The molecule has 2 rings (SSSR count). The number of rotatable bonds is 20. The summed E-state index contributed by atoms with van der Waals surface area (Å²) in [5.41, 5.74) is 0. The summed E-state index contributed by atoms with van der Waals surface area (Å²) in [6.45, 7) is 3.48. The van der Waals surface area contributed by atoms with Gasteiger partial charge >= 0.3 is 9.15 Å². The first-order valence-electron chi connectivity index (χ1n) is 14.1. The topological polar surface area (TPSA) is 67.4 Å². The van der Waals surface area contributed by atoms with E-state index < -0.39 is 9.15 Å². The van der Waals surface area contributed by atoms with Gasteiger partial charge in [-0.15, -0.1) is 0 Å². The average Bonchev–Trinajstić information content (AvgIpc) is 2.83. The Morgan fingerprint density at radius 3 is 1.70 bits per heavy atom. The lowest BCUT2D eigenvalue weighted by atomic mass is 9.85. The molecule has 0 heterocycles. The van der Waals surface area contributed by atoms with Gasteiger partial charge in [0.2, 0.25) is 0 Å². The first-order valence-corrected chi connectivity index (χ1v) is 17.0. The Bertz CT molecular complexity index is 506. The second-order valence-electron chi connectivity index (χ2n) is 10.3. The van der Waals surface area contributed by atoms with Gasteiger partial charge in [-0.2, -0.15) is 8.42 Å². The van der Waals surface area contributed by atoms with E-state index in [9.17, 15) is 8.42 Å². The molecule has 0 atom stereocenters. The maximum Gasteiger partial charge on any atom is 0.322 e. The van der Waals surface area contributed by atoms with Crippen LogP contribution in [0.5, 0.6) is 0 Å². The third-order valence-electron chi connectivity index (χ3n) is 7.39. The van der Waals surface area contributed by atoms with Gasteiger partial charge in [-0.25, -0.2) is 0 Å². The lowest BCUT2D eigenvalue weighted by Gasteiger charge is -2.21. The number of hydrogen-bond donors (Lipinski definition) is 2. The molecule has 5 nitrogen and oxygen atoms in total. The first-order chi connectivity index (χ1) is 16.2. The minimum absolute atomic E-state index is 0.228. The van der Waals surface area contributed by atoms with E-state index in [4.69, 9.17) is 4.18 Å². The highest BCUT2D eigenvalue weighted by atomic mass is 33.1. The van der Waals surface area contributed by atoms with Crippen molar-refractivity contribution >= 4 is 19.9 Å². The fourth-order valence-corrected chi connectivity index (χ4v) is 7.44. The SMILES string of the molecule is O=S(=O)(OCCNCCCCCC1CCCCC1)SCCNCCCCCC1CCCCC1. The van der Waals surface area contributed by atoms with E-state index in [1.807, 2.05) is 0 Å². The standard InChI is InChI=1S/C26H52N2O3S2/c29-33(30,31-23-21-27-19-11-3-9-17-25-13-5-1-6-14-25)32-24-22-28-20-12-4-10-18-26-15-7-2-8-16-26/h25-28H,1-24H2. The van der Waals surface area contributed by atoms with Crippen molar-refractivity contribution < 1.29 is 12.6 Å². The molecule has 2 aliphatic rings. The van der Waals surface area contributed by atoms with E-state index in [1.54, 1.807) is 0 Å². The van der Waals surface area contributed by atoms with Crippen molar-refractivity contribution in [1.29, 1.82) is 0 Å². The maximum absolute atomic E-state index is 12.0. The zero-order chi connectivity index (χ0) is 23.5. The molecule has 0 aromatic heterocycles. The summed E-state index contributed by atoms with van der Waals surface area (Å²) < 4.78 is 29.0. The Labute approximate surface area is 208 Å². The van der Waals surface area contributed by atoms with Gasteiger partial charge in [0.15, 0.2) is 0 Å². The summed E-state index contributed by atoms with van der Waals surface area (Å²) in [6.07, 6.45) is 24.8. The predicted molar refractivity (Wildman–Crippen MR) is 143 cm³/mol. The van der Waals surface area contributed by atoms with Gasteiger partial charge in [-0.05, 0) is 48.6 Å². The number of unbranched alkanes of at least 4 members (excludes halogenated alkanes) is 4. The molecule has 2 N–H and O–H groups in total. The average molecular weight is 505 g/mol. The molecule has 0 aliphatic heterocycles. The monoisotopic (exact) mass is 504 g/mol. The highest BCUT2D eigenvalue weighted by molar-refractivity contribution is 8.70. The van der Waals surface area contributed by atoms with E-state index in [1.165, 1.54) is 116 Å². The van der Waals surface area contributed by atoms with Crippen molar-refractivity contribution in [1.82, 2.24) is 10.6 Å². The summed E-state index contributed by atoms with van der Waals surface area (Å²) in [4.78, 5) is 0. The molecule has 0 saturated heterocycles. The maximum atomic E-state index is 12.0. The summed E-state index contributed by atoms with van der Waals surface area (Å²) in [5, 5.41) is 6.67. The van der Waals surface area contributed by atoms with Crippen molar-refractivity contribution in [2.45, 2.75) is 116 Å². The zero-order valence-corrected chi connectivity index (χ0v) is 22.8. The van der Waals surface area contributed by atoms with Crippen LogP contribution in [0.1, 0.15) is 116 Å². The lowest BCUT2D eigenvalue weighted by molar-refractivity contribution is 0.320. The van der Waals surface area contributed by atoms with Crippen LogP contribution in [0.25, 0.3) is 0 Å². The Kier molecular flexibility index (Phi) is 17.3. The Morgan fingerprint density at radius 2 is 1.15 bits per heavy atom. The molecule has 0 aromatic carbocycles. The molecule has 0 spiro atoms. The van der Waals surface area contributed by atoms with Crippen LogP contribution >= 0.6 is 10.8 Å². The minimum atomic E-state index is -3.47. The molecule has 2 fully saturated rings. The van der Waals surface area contributed by atoms with Crippen molar-refractivity contribution in [3.8, 4) is 0 Å². The summed E-state index contributed by atoms with van der Waals surface area (Å²) in [7, 11) is -2.56. The molecule has 33 heavy (non-hydrogen) atoms. The van der Waals surface area contributed by atoms with Crippen molar-refractivity contribution in [3.05, 3.63) is 0 Å². The fourth-order valence-electron chi connectivity index (χ4n) is 5.39. The minimum Gasteiger partial charge on any atom is -0.316 e. The molecule has 0 unspecified atom stereocenters. The molecular formula is C26H52N2O3S2. The zero-order valence-electron chi connectivity index (χ0n) is 21.2. The molecule has 2 saturated carbocycles. The summed E-state index contributed by atoms with van der Waals surface area (Å²) >= 11 is 0. The van der Waals surface area contributed by atoms with Crippen molar-refractivity contribution in [2.75, 3.05) is 38.5 Å². The van der Waals surface area contributed by atoms with Crippen molar-refractivity contribution in [2.24, 2.45) is 11.8 Å². The van der Waals surface area contributed by atoms with Gasteiger partial charge in [0.1, 0.15) is 0 Å². The van der Waals surface area contributed by atoms with Crippen LogP contribution in [-0.4, -0.2) is 47.0 Å². The van der Waals surface area contributed by atoms with E-state index in [0.29, 0.717) is 12.3 Å². The van der Waals surface area contributed by atoms with Crippen molar-refractivity contribution in [3.63, 3.8) is 0 Å². The van der Waals surface area contributed by atoms with Crippen LogP contribution < -0.4 is 10.6 Å². The molecule has 0 radical (unpaired) electrons. The van der Waals surface area contributed by atoms with Gasteiger partial charge in [-0.3, -0.25) is 4.18 Å². The van der Waals surface area contributed by atoms with Crippen LogP contribution in [0.15, 0.2) is 0 Å². The van der Waals surface area contributed by atoms with E-state index in [0.717, 1.165) is 42.3 Å². The Hall–Kier alpha value is 0.180. The molecule has 2 aliphatic carbocycles. The van der Waals surface area contributed by atoms with Gasteiger partial charge in [-0.1, -0.05) is 103 Å². The van der Waals surface area contributed by atoms with E-state index in [-0.39, 0.29) is 6.61 Å². The van der Waals surface area contributed by atoms with E-state index >= 15 is 0 Å². The molecule has 0 amide bonds. The normalized spacial score (nSPS) is 18.7. The van der Waals surface area contributed by atoms with Crippen LogP contribution in [0.2, 0.25) is 0 Å². The third kappa shape index (κ3) is 16.5.